The summed E-state index contributed by atoms with van der Waals surface area (Å²) in [5.41, 5.74) is -0.978. The summed E-state index contributed by atoms with van der Waals surface area (Å²) in [6.45, 7) is 3.49. The molecule has 21 heavy (non-hydrogen) atoms. The average Bonchev–Trinajstić information content (AvgIpc) is 2.49. The van der Waals surface area contributed by atoms with Crippen molar-refractivity contribution in [3.05, 3.63) is 20.4 Å². The van der Waals surface area contributed by atoms with E-state index in [9.17, 15) is 14.4 Å². The van der Waals surface area contributed by atoms with Crippen molar-refractivity contribution in [3.8, 4) is 5.75 Å². The zero-order valence-electron chi connectivity index (χ0n) is 11.8. The fraction of sp³-hybridized carbons (Fsp3) is 0.615. The highest BCUT2D eigenvalue weighted by atomic mass is 16.5. The molecule has 2 N–H and O–H groups in total. The molecule has 0 spiro atoms. The zero-order chi connectivity index (χ0) is 15.4. The van der Waals surface area contributed by atoms with E-state index in [1.54, 1.807) is 6.92 Å². The van der Waals surface area contributed by atoms with Crippen molar-refractivity contribution < 1.29 is 19.4 Å². The van der Waals surface area contributed by atoms with Crippen LogP contribution in [-0.2, 0) is 4.74 Å². The van der Waals surface area contributed by atoms with E-state index in [0.717, 1.165) is 0 Å². The monoisotopic (exact) mass is 298 g/mol. The average molecular weight is 298 g/mol. The van der Waals surface area contributed by atoms with E-state index in [4.69, 9.17) is 14.6 Å². The fourth-order valence-electron chi connectivity index (χ4n) is 2.24. The van der Waals surface area contributed by atoms with Gasteiger partial charge in [-0.15, -0.1) is 0 Å². The minimum absolute atomic E-state index is 0.0826. The van der Waals surface area contributed by atoms with Gasteiger partial charge in [0.15, 0.2) is 5.75 Å². The predicted octanol–water partition coefficient (Wildman–Crippen LogP) is -0.138. The van der Waals surface area contributed by atoms with Crippen LogP contribution in [-0.4, -0.2) is 55.1 Å². The number of carbonyl (C=O) groups is 1. The van der Waals surface area contributed by atoms with E-state index in [-0.39, 0.29) is 17.5 Å². The molecule has 1 aromatic carbocycles. The molecule has 1 unspecified atom stereocenters. The first kappa shape index (κ1) is 15.3. The Balaban J connectivity index is 1.82. The summed E-state index contributed by atoms with van der Waals surface area (Å²) in [5.74, 6) is 0.0826. The van der Waals surface area contributed by atoms with Crippen LogP contribution in [0, 0.1) is 0 Å². The van der Waals surface area contributed by atoms with Crippen molar-refractivity contribution in [3.63, 3.8) is 0 Å². The largest absolute Gasteiger partial charge is 0.488 e. The Kier molecular flexibility index (Phi) is 4.79. The van der Waals surface area contributed by atoms with E-state index in [1.807, 2.05) is 0 Å². The Morgan fingerprint density at radius 1 is 1.48 bits per heavy atom. The van der Waals surface area contributed by atoms with Crippen molar-refractivity contribution in [2.75, 3.05) is 38.2 Å². The number of nitrogens with one attached hydrogen (secondary N) is 1. The van der Waals surface area contributed by atoms with Crippen LogP contribution in [0.25, 0.3) is 0 Å². The molecule has 1 saturated heterocycles. The van der Waals surface area contributed by atoms with Gasteiger partial charge in [-0.2, -0.15) is 0 Å². The number of rotatable bonds is 6. The molecule has 0 bridgehead atoms. The quantitative estimate of drug-likeness (QED) is 0.704. The second kappa shape index (κ2) is 6.57. The Morgan fingerprint density at radius 3 is 2.90 bits per heavy atom. The SMILES string of the molecule is CCOc1c(NCCC2CN(C(=O)O)CCO2)c(=O)c1=O. The smallest absolute Gasteiger partial charge is 0.407 e. The van der Waals surface area contributed by atoms with E-state index < -0.39 is 17.0 Å². The van der Waals surface area contributed by atoms with E-state index in [2.05, 4.69) is 5.32 Å². The molecule has 1 aromatic rings. The maximum Gasteiger partial charge on any atom is 0.407 e. The standard InChI is InChI=1S/C13H18N2O6/c1-2-20-12-9(10(16)11(12)17)14-4-3-8-7-15(13(18)19)5-6-21-8/h8,14H,2-7H2,1H3,(H,18,19). The number of morpholine rings is 1. The number of hydrogen-bond acceptors (Lipinski definition) is 6. The van der Waals surface area contributed by atoms with Gasteiger partial charge in [0, 0.05) is 13.1 Å². The first-order valence-corrected chi connectivity index (χ1v) is 6.84. The van der Waals surface area contributed by atoms with Gasteiger partial charge >= 0.3 is 6.09 Å². The third-order valence-electron chi connectivity index (χ3n) is 3.33. The second-order valence-corrected chi connectivity index (χ2v) is 4.73. The van der Waals surface area contributed by atoms with Crippen molar-refractivity contribution in [2.45, 2.75) is 19.4 Å². The second-order valence-electron chi connectivity index (χ2n) is 4.73. The van der Waals surface area contributed by atoms with Gasteiger partial charge in [0.25, 0.3) is 10.9 Å². The molecular formula is C13H18N2O6. The lowest BCUT2D eigenvalue weighted by Gasteiger charge is -2.31. The number of hydrogen-bond donors (Lipinski definition) is 2. The van der Waals surface area contributed by atoms with E-state index in [0.29, 0.717) is 39.3 Å². The predicted molar refractivity (Wildman–Crippen MR) is 75.0 cm³/mol. The van der Waals surface area contributed by atoms with Crippen LogP contribution in [0.15, 0.2) is 9.59 Å². The maximum atomic E-state index is 11.4. The molecule has 1 fully saturated rings. The molecule has 116 valence electrons. The molecule has 0 saturated carbocycles. The minimum atomic E-state index is -0.961. The van der Waals surface area contributed by atoms with Crippen molar-refractivity contribution in [1.82, 2.24) is 4.90 Å². The zero-order valence-corrected chi connectivity index (χ0v) is 11.8. The topological polar surface area (TPSA) is 105 Å². The summed E-state index contributed by atoms with van der Waals surface area (Å²) < 4.78 is 10.6. The molecule has 1 aliphatic rings. The molecule has 8 heteroatoms. The third-order valence-corrected chi connectivity index (χ3v) is 3.33. The summed E-state index contributed by atoms with van der Waals surface area (Å²) in [7, 11) is 0. The van der Waals surface area contributed by atoms with E-state index >= 15 is 0 Å². The highest BCUT2D eigenvalue weighted by Crippen LogP contribution is 2.17. The fourth-order valence-corrected chi connectivity index (χ4v) is 2.24. The molecule has 2 rings (SSSR count). The van der Waals surface area contributed by atoms with Gasteiger partial charge in [-0.1, -0.05) is 0 Å². The molecule has 1 aliphatic heterocycles. The maximum absolute atomic E-state index is 11.4. The van der Waals surface area contributed by atoms with Crippen molar-refractivity contribution in [2.24, 2.45) is 0 Å². The van der Waals surface area contributed by atoms with Gasteiger partial charge in [-0.05, 0) is 13.3 Å². The number of ether oxygens (including phenoxy) is 2. The summed E-state index contributed by atoms with van der Waals surface area (Å²) >= 11 is 0. The number of nitrogens with zero attached hydrogens (tertiary/aromatic N) is 1. The summed E-state index contributed by atoms with van der Waals surface area (Å²) in [5, 5.41) is 11.8. The van der Waals surface area contributed by atoms with Crippen LogP contribution in [0.4, 0.5) is 10.5 Å². The number of carboxylic acid groups (broad SMARTS) is 1. The van der Waals surface area contributed by atoms with Gasteiger partial charge in [-0.3, -0.25) is 9.59 Å². The summed E-state index contributed by atoms with van der Waals surface area (Å²) in [4.78, 5) is 34.9. The van der Waals surface area contributed by atoms with Crippen LogP contribution in [0.3, 0.4) is 0 Å². The molecule has 0 aliphatic carbocycles. The van der Waals surface area contributed by atoms with Gasteiger partial charge < -0.3 is 24.8 Å². The summed E-state index contributed by atoms with van der Waals surface area (Å²) in [6, 6.07) is 0. The lowest BCUT2D eigenvalue weighted by atomic mass is 10.2. The third kappa shape index (κ3) is 3.33. The van der Waals surface area contributed by atoms with Gasteiger partial charge in [-0.25, -0.2) is 4.79 Å². The van der Waals surface area contributed by atoms with Gasteiger partial charge in [0.1, 0.15) is 5.69 Å². The van der Waals surface area contributed by atoms with Crippen LogP contribution in [0.5, 0.6) is 5.75 Å². The van der Waals surface area contributed by atoms with Crippen LogP contribution in [0.2, 0.25) is 0 Å². The normalized spacial score (nSPS) is 18.7. The molecule has 8 nitrogen and oxygen atoms in total. The molecule has 1 heterocycles. The highest BCUT2D eigenvalue weighted by molar-refractivity contribution is 5.65. The Bertz CT molecular complexity index is 577. The van der Waals surface area contributed by atoms with Gasteiger partial charge in [0.2, 0.25) is 0 Å². The first-order valence-electron chi connectivity index (χ1n) is 6.84. The molecule has 0 radical (unpaired) electrons. The Hall–Kier alpha value is -2.09. The minimum Gasteiger partial charge on any atom is -0.488 e. The molecule has 0 aromatic heterocycles. The Morgan fingerprint density at radius 2 is 2.24 bits per heavy atom. The van der Waals surface area contributed by atoms with Crippen LogP contribution >= 0.6 is 0 Å². The number of amides is 1. The van der Waals surface area contributed by atoms with Crippen LogP contribution in [0.1, 0.15) is 13.3 Å². The van der Waals surface area contributed by atoms with E-state index in [1.165, 1.54) is 4.90 Å². The lowest BCUT2D eigenvalue weighted by Crippen LogP contribution is -2.45. The molecule has 1 amide bonds. The van der Waals surface area contributed by atoms with Crippen LogP contribution < -0.4 is 20.9 Å². The van der Waals surface area contributed by atoms with Crippen molar-refractivity contribution >= 4 is 11.8 Å². The summed E-state index contributed by atoms with van der Waals surface area (Å²) in [6.07, 6.45) is -0.643. The lowest BCUT2D eigenvalue weighted by molar-refractivity contribution is -0.0236. The first-order chi connectivity index (χ1) is 10.0. The van der Waals surface area contributed by atoms with Crippen molar-refractivity contribution in [1.29, 1.82) is 0 Å². The highest BCUT2D eigenvalue weighted by Gasteiger charge is 2.25. The Labute approximate surface area is 121 Å². The molecule has 1 atom stereocenters. The van der Waals surface area contributed by atoms with Gasteiger partial charge in [0.05, 0.1) is 25.9 Å². The number of anilines is 1. The molecular weight excluding hydrogens is 280 g/mol.